The van der Waals surface area contributed by atoms with Crippen molar-refractivity contribution < 1.29 is 28.5 Å². The zero-order valence-corrected chi connectivity index (χ0v) is 4.61. The van der Waals surface area contributed by atoms with Crippen LogP contribution < -0.4 is 0 Å². The molecule has 0 fully saturated rings. The van der Waals surface area contributed by atoms with Crippen molar-refractivity contribution in [2.45, 2.75) is 6.42 Å². The van der Waals surface area contributed by atoms with Crippen LogP contribution in [0.5, 0.6) is 0 Å². The van der Waals surface area contributed by atoms with Crippen molar-refractivity contribution in [1.82, 2.24) is 0 Å². The summed E-state index contributed by atoms with van der Waals surface area (Å²) in [6.45, 7) is -0.0799. The van der Waals surface area contributed by atoms with E-state index >= 15 is 0 Å². The Kier molecular flexibility index (Phi) is 14.2. The van der Waals surface area contributed by atoms with E-state index in [1.165, 1.54) is 6.29 Å². The first kappa shape index (κ1) is 9.51. The largest absolute Gasteiger partial charge is 2.00 e. The molecular formula is C3H5O2V+. The molecule has 3 heteroatoms. The molecule has 0 saturated carbocycles. The number of hydrogen-bond donors (Lipinski definition) is 1. The second kappa shape index (κ2) is 8.96. The predicted octanol–water partition coefficient (Wildman–Crippen LogP) is -0.524. The molecule has 6 heavy (non-hydrogen) atoms. The predicted molar refractivity (Wildman–Crippen MR) is 17.4 cm³/mol. The van der Waals surface area contributed by atoms with Gasteiger partial charge in [0, 0.05) is 6.61 Å². The second-order valence-corrected chi connectivity index (χ2v) is 0.618. The summed E-state index contributed by atoms with van der Waals surface area (Å²) in [5.41, 5.74) is 0. The van der Waals surface area contributed by atoms with Gasteiger partial charge in [0.1, 0.15) is 0 Å². The van der Waals surface area contributed by atoms with Crippen LogP contribution in [0.1, 0.15) is 6.42 Å². The summed E-state index contributed by atoms with van der Waals surface area (Å²) < 4.78 is 0. The second-order valence-electron chi connectivity index (χ2n) is 0.618. The molecule has 0 aromatic carbocycles. The normalized spacial score (nSPS) is 6.17. The minimum Gasteiger partial charge on any atom is -0.542 e. The van der Waals surface area contributed by atoms with Crippen molar-refractivity contribution >= 4 is 6.29 Å². The van der Waals surface area contributed by atoms with Gasteiger partial charge in [-0.3, -0.25) is 6.29 Å². The average Bonchev–Trinajstić information content (AvgIpc) is 1.41. The van der Waals surface area contributed by atoms with Gasteiger partial charge in [-0.25, -0.2) is 0 Å². The molecule has 2 nitrogen and oxygen atoms in total. The zero-order chi connectivity index (χ0) is 4.12. The molecule has 0 spiro atoms. The van der Waals surface area contributed by atoms with E-state index in [4.69, 9.17) is 9.90 Å². The van der Waals surface area contributed by atoms with Crippen molar-refractivity contribution in [1.29, 1.82) is 0 Å². The van der Waals surface area contributed by atoms with Crippen LogP contribution in [0.4, 0.5) is 0 Å². The van der Waals surface area contributed by atoms with Gasteiger partial charge in [-0.1, -0.05) is 0 Å². The summed E-state index contributed by atoms with van der Waals surface area (Å²) in [5, 5.41) is 7.80. The van der Waals surface area contributed by atoms with Crippen LogP contribution >= 0.6 is 0 Å². The van der Waals surface area contributed by atoms with Gasteiger partial charge in [0.05, 0.1) is 0 Å². The molecular weight excluding hydrogens is 119 g/mol. The molecule has 0 aliphatic heterocycles. The van der Waals surface area contributed by atoms with Gasteiger partial charge in [0.25, 0.3) is 0 Å². The molecule has 1 N–H and O–H groups in total. The Morgan fingerprint density at radius 1 is 1.67 bits per heavy atom. The van der Waals surface area contributed by atoms with Gasteiger partial charge in [-0.15, -0.1) is 6.42 Å². The van der Waals surface area contributed by atoms with Crippen LogP contribution in [-0.2, 0) is 23.4 Å². The molecule has 0 aromatic heterocycles. The Labute approximate surface area is 48.4 Å². The number of rotatable bonds is 2. The number of hydrogen-bond acceptors (Lipinski definition) is 2. The van der Waals surface area contributed by atoms with Crippen LogP contribution in [-0.4, -0.2) is 18.0 Å². The van der Waals surface area contributed by atoms with Crippen LogP contribution in [0, 0.1) is 0 Å². The van der Waals surface area contributed by atoms with Crippen molar-refractivity contribution in [2.75, 3.05) is 6.61 Å². The number of aliphatic hydroxyl groups is 1. The molecule has 0 unspecified atom stereocenters. The van der Waals surface area contributed by atoms with Crippen molar-refractivity contribution in [3.05, 3.63) is 0 Å². The topological polar surface area (TPSA) is 37.3 Å². The fourth-order valence-corrected chi connectivity index (χ4v) is 0.0456. The molecule has 0 rings (SSSR count). The third kappa shape index (κ3) is 8.88. The van der Waals surface area contributed by atoms with E-state index in [2.05, 4.69) is 0 Å². The molecule has 0 heterocycles. The fourth-order valence-electron chi connectivity index (χ4n) is 0.0456. The Morgan fingerprint density at radius 2 is 2.17 bits per heavy atom. The van der Waals surface area contributed by atoms with E-state index in [0.29, 0.717) is 0 Å². The first-order valence-corrected chi connectivity index (χ1v) is 1.37. The van der Waals surface area contributed by atoms with E-state index in [1.807, 2.05) is 0 Å². The smallest absolute Gasteiger partial charge is 0.542 e. The maximum Gasteiger partial charge on any atom is 2.00 e. The molecule has 0 atom stereocenters. The SMILES string of the molecule is O=[C-]CCO.[V+2]. The Balaban J connectivity index is 0. The summed E-state index contributed by atoms with van der Waals surface area (Å²) in [5.74, 6) is 0. The van der Waals surface area contributed by atoms with Crippen molar-refractivity contribution in [3.8, 4) is 0 Å². The summed E-state index contributed by atoms with van der Waals surface area (Å²) in [4.78, 5) is 9.12. The maximum absolute atomic E-state index is 9.12. The van der Waals surface area contributed by atoms with E-state index in [-0.39, 0.29) is 31.6 Å². The third-order valence-corrected chi connectivity index (χ3v) is 0.214. The van der Waals surface area contributed by atoms with E-state index < -0.39 is 0 Å². The summed E-state index contributed by atoms with van der Waals surface area (Å²) in [6, 6.07) is 0. The van der Waals surface area contributed by atoms with Crippen LogP contribution in [0.2, 0.25) is 0 Å². The molecule has 0 aromatic rings. The Hall–Kier alpha value is 0.214. The Morgan fingerprint density at radius 3 is 2.17 bits per heavy atom. The Bertz CT molecular complexity index is 30.0. The van der Waals surface area contributed by atoms with Crippen molar-refractivity contribution in [3.63, 3.8) is 0 Å². The van der Waals surface area contributed by atoms with E-state index in [1.54, 1.807) is 0 Å². The summed E-state index contributed by atoms with van der Waals surface area (Å²) in [7, 11) is 0. The monoisotopic (exact) mass is 124 g/mol. The minimum atomic E-state index is -0.0799. The quantitative estimate of drug-likeness (QED) is 0.502. The first-order valence-electron chi connectivity index (χ1n) is 1.37. The van der Waals surface area contributed by atoms with Gasteiger partial charge in [0.15, 0.2) is 0 Å². The first-order chi connectivity index (χ1) is 2.41. The molecule has 0 saturated heterocycles. The molecule has 0 bridgehead atoms. The maximum atomic E-state index is 9.12. The van der Waals surface area contributed by atoms with Gasteiger partial charge in [-0.05, 0) is 0 Å². The van der Waals surface area contributed by atoms with Crippen LogP contribution in [0.3, 0.4) is 0 Å². The number of aliphatic hydroxyl groups excluding tert-OH is 1. The standard InChI is InChI=1S/C3H5O2.V/c4-2-1-3-5;/h4H,1-2H2;/q-1;+2. The van der Waals surface area contributed by atoms with E-state index in [0.717, 1.165) is 0 Å². The summed E-state index contributed by atoms with van der Waals surface area (Å²) in [6.07, 6.45) is 1.66. The fraction of sp³-hybridized carbons (Fsp3) is 0.667. The average molecular weight is 124 g/mol. The molecule has 0 amide bonds. The number of carbonyl (C=O) groups excluding carboxylic acids is 1. The van der Waals surface area contributed by atoms with Crippen LogP contribution in [0.15, 0.2) is 0 Å². The third-order valence-electron chi connectivity index (χ3n) is 0.214. The van der Waals surface area contributed by atoms with E-state index in [9.17, 15) is 0 Å². The molecule has 1 radical (unpaired) electrons. The molecule has 0 aliphatic carbocycles. The van der Waals surface area contributed by atoms with Gasteiger partial charge in [0.2, 0.25) is 0 Å². The minimum absolute atomic E-state index is 0. The van der Waals surface area contributed by atoms with Gasteiger partial charge < -0.3 is 9.90 Å². The van der Waals surface area contributed by atoms with Gasteiger partial charge >= 0.3 is 18.6 Å². The van der Waals surface area contributed by atoms with Crippen LogP contribution in [0.25, 0.3) is 0 Å². The molecule has 0 aliphatic rings. The van der Waals surface area contributed by atoms with Gasteiger partial charge in [-0.2, -0.15) is 0 Å². The molecule has 33 valence electrons. The van der Waals surface area contributed by atoms with Crippen molar-refractivity contribution in [2.24, 2.45) is 0 Å². The summed E-state index contributed by atoms with van der Waals surface area (Å²) >= 11 is 0. The zero-order valence-electron chi connectivity index (χ0n) is 3.22.